The zero-order chi connectivity index (χ0) is 9.68. The number of hydrogen-bond donors (Lipinski definition) is 1. The number of hydrogen-bond acceptors (Lipinski definition) is 1. The minimum Gasteiger partial charge on any atom is -0.393 e. The van der Waals surface area contributed by atoms with Crippen LogP contribution in [0.1, 0.15) is 58.8 Å². The monoisotopic (exact) mass is 184 g/mol. The molecule has 0 aromatic heterocycles. The molecule has 3 atom stereocenters. The van der Waals surface area contributed by atoms with E-state index in [9.17, 15) is 5.11 Å². The second-order valence-electron chi connectivity index (χ2n) is 4.82. The van der Waals surface area contributed by atoms with Gasteiger partial charge in [-0.1, -0.05) is 39.5 Å². The van der Waals surface area contributed by atoms with Crippen LogP contribution in [0, 0.1) is 11.8 Å². The van der Waals surface area contributed by atoms with Gasteiger partial charge < -0.3 is 5.11 Å². The first kappa shape index (κ1) is 11.0. The lowest BCUT2D eigenvalue weighted by Crippen LogP contribution is -2.19. The van der Waals surface area contributed by atoms with Gasteiger partial charge in [0.15, 0.2) is 0 Å². The van der Waals surface area contributed by atoms with Crippen LogP contribution < -0.4 is 0 Å². The predicted octanol–water partition coefficient (Wildman–Crippen LogP) is 3.36. The average Bonchev–Trinajstić information content (AvgIpc) is 2.04. The third-order valence-electron chi connectivity index (χ3n) is 3.27. The number of aliphatic hydroxyl groups is 1. The summed E-state index contributed by atoms with van der Waals surface area (Å²) in [7, 11) is 0. The van der Waals surface area contributed by atoms with Crippen LogP contribution in [-0.2, 0) is 0 Å². The highest BCUT2D eigenvalue weighted by Crippen LogP contribution is 2.31. The molecule has 0 aromatic rings. The molecule has 0 radical (unpaired) electrons. The van der Waals surface area contributed by atoms with Crippen LogP contribution in [0.5, 0.6) is 0 Å². The Morgan fingerprint density at radius 3 is 2.77 bits per heavy atom. The van der Waals surface area contributed by atoms with Crippen molar-refractivity contribution in [2.45, 2.75) is 64.9 Å². The minimum atomic E-state index is -0.0275. The Labute approximate surface area is 82.5 Å². The molecule has 0 amide bonds. The standard InChI is InChI=1S/C12H24O/c1-3-5-12(13)9-11-7-4-6-10(2)8-11/h10-13H,3-9H2,1-2H3. The van der Waals surface area contributed by atoms with Gasteiger partial charge in [-0.15, -0.1) is 0 Å². The van der Waals surface area contributed by atoms with E-state index in [0.717, 1.165) is 31.1 Å². The van der Waals surface area contributed by atoms with Crippen molar-refractivity contribution in [3.05, 3.63) is 0 Å². The fourth-order valence-corrected chi connectivity index (χ4v) is 2.61. The van der Waals surface area contributed by atoms with Gasteiger partial charge in [-0.25, -0.2) is 0 Å². The Hall–Kier alpha value is -0.0400. The second-order valence-corrected chi connectivity index (χ2v) is 4.82. The van der Waals surface area contributed by atoms with Crippen LogP contribution >= 0.6 is 0 Å². The molecule has 1 heteroatoms. The Morgan fingerprint density at radius 1 is 1.38 bits per heavy atom. The van der Waals surface area contributed by atoms with Crippen molar-refractivity contribution in [1.29, 1.82) is 0 Å². The molecule has 0 aliphatic heterocycles. The first-order chi connectivity index (χ1) is 6.22. The van der Waals surface area contributed by atoms with E-state index in [1.807, 2.05) is 0 Å². The molecule has 1 fully saturated rings. The van der Waals surface area contributed by atoms with Crippen LogP contribution in [0.3, 0.4) is 0 Å². The average molecular weight is 184 g/mol. The summed E-state index contributed by atoms with van der Waals surface area (Å²) in [6.45, 7) is 4.49. The SMILES string of the molecule is CCCC(O)CC1CCCC(C)C1. The third kappa shape index (κ3) is 4.12. The third-order valence-corrected chi connectivity index (χ3v) is 3.27. The van der Waals surface area contributed by atoms with Crippen LogP contribution in [0.4, 0.5) is 0 Å². The molecule has 78 valence electrons. The Balaban J connectivity index is 2.19. The highest BCUT2D eigenvalue weighted by molar-refractivity contribution is 4.73. The van der Waals surface area contributed by atoms with E-state index in [1.54, 1.807) is 0 Å². The van der Waals surface area contributed by atoms with Crippen LogP contribution in [0.15, 0.2) is 0 Å². The van der Waals surface area contributed by atoms with Gasteiger partial charge in [0, 0.05) is 0 Å². The summed E-state index contributed by atoms with van der Waals surface area (Å²) in [5, 5.41) is 9.69. The van der Waals surface area contributed by atoms with Gasteiger partial charge in [0.05, 0.1) is 6.10 Å². The molecule has 0 saturated heterocycles. The lowest BCUT2D eigenvalue weighted by atomic mass is 9.79. The van der Waals surface area contributed by atoms with Gasteiger partial charge in [0.2, 0.25) is 0 Å². The highest BCUT2D eigenvalue weighted by Gasteiger charge is 2.20. The molecule has 0 spiro atoms. The summed E-state index contributed by atoms with van der Waals surface area (Å²) in [4.78, 5) is 0. The van der Waals surface area contributed by atoms with E-state index >= 15 is 0 Å². The van der Waals surface area contributed by atoms with Gasteiger partial charge in [-0.05, 0) is 31.1 Å². The molecule has 3 unspecified atom stereocenters. The van der Waals surface area contributed by atoms with E-state index in [4.69, 9.17) is 0 Å². The van der Waals surface area contributed by atoms with Crippen molar-refractivity contribution in [3.63, 3.8) is 0 Å². The van der Waals surface area contributed by atoms with Gasteiger partial charge in [-0.3, -0.25) is 0 Å². The van der Waals surface area contributed by atoms with E-state index in [2.05, 4.69) is 13.8 Å². The molecule has 1 saturated carbocycles. The van der Waals surface area contributed by atoms with E-state index in [1.165, 1.54) is 25.7 Å². The summed E-state index contributed by atoms with van der Waals surface area (Å²) in [6, 6.07) is 0. The number of rotatable bonds is 4. The fraction of sp³-hybridized carbons (Fsp3) is 1.00. The molecule has 1 N–H and O–H groups in total. The molecule has 0 bridgehead atoms. The Kier molecular flexibility index (Phi) is 4.79. The maximum Gasteiger partial charge on any atom is 0.0542 e. The molecular weight excluding hydrogens is 160 g/mol. The molecule has 1 rings (SSSR count). The molecule has 1 aliphatic rings. The van der Waals surface area contributed by atoms with E-state index in [-0.39, 0.29) is 6.10 Å². The first-order valence-corrected chi connectivity index (χ1v) is 5.90. The fourth-order valence-electron chi connectivity index (χ4n) is 2.61. The summed E-state index contributed by atoms with van der Waals surface area (Å²) >= 11 is 0. The summed E-state index contributed by atoms with van der Waals surface area (Å²) in [5.74, 6) is 1.71. The van der Waals surface area contributed by atoms with Crippen LogP contribution in [0.2, 0.25) is 0 Å². The molecule has 0 heterocycles. The molecule has 13 heavy (non-hydrogen) atoms. The molecule has 1 nitrogen and oxygen atoms in total. The normalized spacial score (nSPS) is 31.6. The van der Waals surface area contributed by atoms with E-state index < -0.39 is 0 Å². The second kappa shape index (κ2) is 5.64. The van der Waals surface area contributed by atoms with Crippen molar-refractivity contribution in [3.8, 4) is 0 Å². The topological polar surface area (TPSA) is 20.2 Å². The van der Waals surface area contributed by atoms with Crippen molar-refractivity contribution < 1.29 is 5.11 Å². The van der Waals surface area contributed by atoms with Crippen LogP contribution in [0.25, 0.3) is 0 Å². The van der Waals surface area contributed by atoms with Crippen molar-refractivity contribution in [1.82, 2.24) is 0 Å². The van der Waals surface area contributed by atoms with Gasteiger partial charge >= 0.3 is 0 Å². The van der Waals surface area contributed by atoms with Crippen molar-refractivity contribution in [2.75, 3.05) is 0 Å². The van der Waals surface area contributed by atoms with Crippen LogP contribution in [-0.4, -0.2) is 11.2 Å². The maximum atomic E-state index is 9.69. The molecular formula is C12H24O. The van der Waals surface area contributed by atoms with Gasteiger partial charge in [0.25, 0.3) is 0 Å². The zero-order valence-electron chi connectivity index (χ0n) is 9.13. The summed E-state index contributed by atoms with van der Waals surface area (Å²) in [5.41, 5.74) is 0. The predicted molar refractivity (Wildman–Crippen MR) is 56.7 cm³/mol. The van der Waals surface area contributed by atoms with Crippen molar-refractivity contribution >= 4 is 0 Å². The zero-order valence-corrected chi connectivity index (χ0v) is 9.13. The Bertz CT molecular complexity index is 133. The van der Waals surface area contributed by atoms with Gasteiger partial charge in [0.1, 0.15) is 0 Å². The molecule has 0 aromatic carbocycles. The lowest BCUT2D eigenvalue weighted by molar-refractivity contribution is 0.113. The largest absolute Gasteiger partial charge is 0.393 e. The van der Waals surface area contributed by atoms with Crippen molar-refractivity contribution in [2.24, 2.45) is 11.8 Å². The van der Waals surface area contributed by atoms with E-state index in [0.29, 0.717) is 0 Å². The summed E-state index contributed by atoms with van der Waals surface area (Å²) < 4.78 is 0. The lowest BCUT2D eigenvalue weighted by Gasteiger charge is -2.28. The minimum absolute atomic E-state index is 0.0275. The highest BCUT2D eigenvalue weighted by atomic mass is 16.3. The Morgan fingerprint density at radius 2 is 2.15 bits per heavy atom. The quantitative estimate of drug-likeness (QED) is 0.710. The first-order valence-electron chi connectivity index (χ1n) is 5.90. The maximum absolute atomic E-state index is 9.69. The smallest absolute Gasteiger partial charge is 0.0542 e. The molecule has 1 aliphatic carbocycles. The van der Waals surface area contributed by atoms with Gasteiger partial charge in [-0.2, -0.15) is 0 Å². The number of aliphatic hydroxyl groups excluding tert-OH is 1. The summed E-state index contributed by atoms with van der Waals surface area (Å²) in [6.07, 6.45) is 8.61.